The minimum absolute atomic E-state index is 0.380. The van der Waals surface area contributed by atoms with E-state index < -0.39 is 11.7 Å². The van der Waals surface area contributed by atoms with Gasteiger partial charge < -0.3 is 0 Å². The number of rotatable bonds is 5. The molecule has 0 atom stereocenters. The summed E-state index contributed by atoms with van der Waals surface area (Å²) in [6, 6.07) is 0. The van der Waals surface area contributed by atoms with E-state index in [9.17, 15) is 13.2 Å². The summed E-state index contributed by atoms with van der Waals surface area (Å²) in [6.07, 6.45) is -1.07. The van der Waals surface area contributed by atoms with Crippen molar-refractivity contribution in [2.75, 3.05) is 0 Å². The third kappa shape index (κ3) is 3.94. The van der Waals surface area contributed by atoms with Crippen LogP contribution in [0.4, 0.5) is 13.2 Å². The molecule has 8 heteroatoms. The Morgan fingerprint density at radius 1 is 1.37 bits per heavy atom. The van der Waals surface area contributed by atoms with Gasteiger partial charge in [0.1, 0.15) is 0 Å². The molecule has 2 aromatic rings. The van der Waals surface area contributed by atoms with Crippen LogP contribution >= 0.6 is 22.9 Å². The van der Waals surface area contributed by atoms with Gasteiger partial charge in [0.2, 0.25) is 0 Å². The van der Waals surface area contributed by atoms with Gasteiger partial charge in [0.15, 0.2) is 0 Å². The number of aromatic nitrogens is 3. The van der Waals surface area contributed by atoms with Crippen molar-refractivity contribution in [2.45, 2.75) is 31.4 Å². The van der Waals surface area contributed by atoms with E-state index in [0.29, 0.717) is 25.3 Å². The molecule has 0 fully saturated rings. The Morgan fingerprint density at radius 3 is 2.74 bits per heavy atom. The summed E-state index contributed by atoms with van der Waals surface area (Å²) < 4.78 is 38.4. The van der Waals surface area contributed by atoms with Gasteiger partial charge in [0.05, 0.1) is 28.3 Å². The first kappa shape index (κ1) is 14.3. The number of thiazole rings is 1. The number of alkyl halides is 4. The summed E-state index contributed by atoms with van der Waals surface area (Å²) in [6.45, 7) is 0.436. The van der Waals surface area contributed by atoms with Gasteiger partial charge >= 0.3 is 6.18 Å². The topological polar surface area (TPSA) is 30.7 Å². The number of hydrogen-bond donors (Lipinski definition) is 0. The van der Waals surface area contributed by atoms with Crippen LogP contribution in [0.15, 0.2) is 17.8 Å². The van der Waals surface area contributed by atoms with Crippen LogP contribution in [0.3, 0.4) is 0 Å². The first-order chi connectivity index (χ1) is 8.99. The maximum atomic E-state index is 12.4. The Bertz CT molecular complexity index is 535. The van der Waals surface area contributed by atoms with Crippen LogP contribution in [0.5, 0.6) is 0 Å². The summed E-state index contributed by atoms with van der Waals surface area (Å²) in [5.41, 5.74) is 0.117. The quantitative estimate of drug-likeness (QED) is 0.788. The molecule has 0 aromatic carbocycles. The van der Waals surface area contributed by atoms with Crippen LogP contribution < -0.4 is 0 Å². The number of nitrogens with zero attached hydrogens (tertiary/aromatic N) is 3. The fraction of sp³-hybridized carbons (Fsp3) is 0.455. The maximum absolute atomic E-state index is 12.4. The van der Waals surface area contributed by atoms with Crippen molar-refractivity contribution in [3.05, 3.63) is 34.0 Å². The van der Waals surface area contributed by atoms with Crippen LogP contribution in [0.25, 0.3) is 0 Å². The molecular formula is C11H11ClF3N3S. The molecule has 0 saturated heterocycles. The molecule has 0 aliphatic heterocycles. The molecule has 0 amide bonds. The third-order valence-corrected chi connectivity index (χ3v) is 3.71. The summed E-state index contributed by atoms with van der Waals surface area (Å²) in [7, 11) is 0. The highest BCUT2D eigenvalue weighted by atomic mass is 35.5. The Kier molecular flexibility index (Phi) is 4.46. The van der Waals surface area contributed by atoms with E-state index in [4.69, 9.17) is 11.6 Å². The van der Waals surface area contributed by atoms with Gasteiger partial charge in [0.25, 0.3) is 0 Å². The summed E-state index contributed by atoms with van der Waals surface area (Å²) in [5, 5.41) is 6.52. The molecule has 0 saturated carbocycles. The molecule has 0 bridgehead atoms. The number of halogens is 4. The summed E-state index contributed by atoms with van der Waals surface area (Å²) in [5.74, 6) is 0.380. The highest BCUT2D eigenvalue weighted by Crippen LogP contribution is 2.28. The summed E-state index contributed by atoms with van der Waals surface area (Å²) in [4.78, 5) is 4.28. The van der Waals surface area contributed by atoms with Crippen LogP contribution in [-0.4, -0.2) is 14.8 Å². The fourth-order valence-corrected chi connectivity index (χ4v) is 2.62. The van der Waals surface area contributed by atoms with Crippen LogP contribution in [0.2, 0.25) is 0 Å². The minimum Gasteiger partial charge on any atom is -0.272 e. The average molecular weight is 310 g/mol. The van der Waals surface area contributed by atoms with E-state index in [1.807, 2.05) is 5.38 Å². The highest BCUT2D eigenvalue weighted by molar-refractivity contribution is 7.09. The third-order valence-electron chi connectivity index (χ3n) is 2.47. The first-order valence-corrected chi connectivity index (χ1v) is 6.99. The predicted molar refractivity (Wildman–Crippen MR) is 67.2 cm³/mol. The monoisotopic (exact) mass is 309 g/mol. The van der Waals surface area contributed by atoms with Crippen LogP contribution in [0.1, 0.15) is 22.7 Å². The Balaban J connectivity index is 1.84. The van der Waals surface area contributed by atoms with E-state index in [1.54, 1.807) is 0 Å². The van der Waals surface area contributed by atoms with Crippen molar-refractivity contribution in [1.29, 1.82) is 0 Å². The standard InChI is InChI=1S/C11H11ClF3N3S/c12-4-9-7-19-10(17-9)2-1-3-18-6-8(5-16-18)11(13,14)15/h5-7H,1-4H2. The minimum atomic E-state index is -4.33. The van der Waals surface area contributed by atoms with Crippen LogP contribution in [-0.2, 0) is 25.0 Å². The molecule has 0 unspecified atom stereocenters. The second-order valence-electron chi connectivity index (χ2n) is 3.96. The lowest BCUT2D eigenvalue weighted by Crippen LogP contribution is -2.04. The molecular weight excluding hydrogens is 299 g/mol. The smallest absolute Gasteiger partial charge is 0.272 e. The lowest BCUT2D eigenvalue weighted by molar-refractivity contribution is -0.137. The average Bonchev–Trinajstić information content (AvgIpc) is 2.96. The molecule has 0 spiro atoms. The first-order valence-electron chi connectivity index (χ1n) is 5.58. The van der Waals surface area contributed by atoms with Crippen molar-refractivity contribution in [3.8, 4) is 0 Å². The SMILES string of the molecule is FC(F)(F)c1cnn(CCCc2nc(CCl)cs2)c1. The van der Waals surface area contributed by atoms with Crippen molar-refractivity contribution in [2.24, 2.45) is 0 Å². The Morgan fingerprint density at radius 2 is 2.16 bits per heavy atom. The molecule has 0 radical (unpaired) electrons. The zero-order chi connectivity index (χ0) is 13.9. The van der Waals surface area contributed by atoms with E-state index in [1.165, 1.54) is 16.0 Å². The lowest BCUT2D eigenvalue weighted by atomic mass is 10.3. The molecule has 3 nitrogen and oxygen atoms in total. The normalized spacial score (nSPS) is 12.0. The molecule has 0 N–H and O–H groups in total. The van der Waals surface area contributed by atoms with E-state index in [0.717, 1.165) is 23.1 Å². The van der Waals surface area contributed by atoms with E-state index >= 15 is 0 Å². The predicted octanol–water partition coefficient (Wildman–Crippen LogP) is 3.73. The van der Waals surface area contributed by atoms with Gasteiger partial charge in [-0.1, -0.05) is 0 Å². The van der Waals surface area contributed by atoms with Crippen molar-refractivity contribution >= 4 is 22.9 Å². The number of aryl methyl sites for hydroxylation is 2. The van der Waals surface area contributed by atoms with E-state index in [2.05, 4.69) is 10.1 Å². The zero-order valence-corrected chi connectivity index (χ0v) is 11.4. The highest BCUT2D eigenvalue weighted by Gasteiger charge is 2.32. The molecule has 2 rings (SSSR count). The Hall–Kier alpha value is -1.08. The second-order valence-corrected chi connectivity index (χ2v) is 5.17. The van der Waals surface area contributed by atoms with Gasteiger partial charge in [-0.2, -0.15) is 18.3 Å². The van der Waals surface area contributed by atoms with Gasteiger partial charge in [-0.3, -0.25) is 4.68 Å². The van der Waals surface area contributed by atoms with Crippen molar-refractivity contribution < 1.29 is 13.2 Å². The van der Waals surface area contributed by atoms with E-state index in [-0.39, 0.29) is 0 Å². The maximum Gasteiger partial charge on any atom is 0.419 e. The summed E-state index contributed by atoms with van der Waals surface area (Å²) >= 11 is 7.15. The molecule has 0 aliphatic carbocycles. The second kappa shape index (κ2) is 5.92. The van der Waals surface area contributed by atoms with Crippen LogP contribution in [0, 0.1) is 0 Å². The molecule has 2 heterocycles. The largest absolute Gasteiger partial charge is 0.419 e. The molecule has 2 aromatic heterocycles. The lowest BCUT2D eigenvalue weighted by Gasteiger charge is -2.01. The Labute approximate surface area is 117 Å². The van der Waals surface area contributed by atoms with Gasteiger partial charge in [-0.15, -0.1) is 22.9 Å². The number of hydrogen-bond acceptors (Lipinski definition) is 3. The molecule has 19 heavy (non-hydrogen) atoms. The van der Waals surface area contributed by atoms with Gasteiger partial charge in [0, 0.05) is 24.5 Å². The van der Waals surface area contributed by atoms with Crippen molar-refractivity contribution in [3.63, 3.8) is 0 Å². The van der Waals surface area contributed by atoms with Gasteiger partial charge in [-0.05, 0) is 6.42 Å². The van der Waals surface area contributed by atoms with Crippen molar-refractivity contribution in [1.82, 2.24) is 14.8 Å². The van der Waals surface area contributed by atoms with Gasteiger partial charge in [-0.25, -0.2) is 4.98 Å². The molecule has 0 aliphatic rings. The zero-order valence-electron chi connectivity index (χ0n) is 9.82. The molecule has 104 valence electrons. The fourth-order valence-electron chi connectivity index (χ4n) is 1.55.